The number of nitrogens with zero attached hydrogens (tertiary/aromatic N) is 1. The molecule has 1 aromatic heterocycles. The van der Waals surface area contributed by atoms with Crippen LogP contribution in [0.5, 0.6) is 5.75 Å². The molecular weight excluding hydrogens is 466 g/mol. The molecule has 0 aliphatic heterocycles. The Morgan fingerprint density at radius 3 is 2.74 bits per heavy atom. The van der Waals surface area contributed by atoms with E-state index in [1.165, 1.54) is 0 Å². The van der Waals surface area contributed by atoms with E-state index < -0.39 is 0 Å². The van der Waals surface area contributed by atoms with Crippen molar-refractivity contribution < 1.29 is 5.11 Å². The summed E-state index contributed by atoms with van der Waals surface area (Å²) in [6.07, 6.45) is 0. The lowest BCUT2D eigenvalue weighted by Gasteiger charge is -2.04. The van der Waals surface area contributed by atoms with Crippen LogP contribution in [0.4, 0.5) is 0 Å². The number of hydrogen-bond donors (Lipinski definition) is 2. The van der Waals surface area contributed by atoms with Crippen LogP contribution in [0.1, 0.15) is 5.56 Å². The van der Waals surface area contributed by atoms with Crippen molar-refractivity contribution in [2.24, 2.45) is 0 Å². The van der Waals surface area contributed by atoms with Gasteiger partial charge in [0.05, 0.1) is 20.2 Å². The molecule has 0 unspecified atom stereocenters. The number of aromatic hydroxyl groups is 1. The lowest BCUT2D eigenvalue weighted by Crippen LogP contribution is -1.86. The van der Waals surface area contributed by atoms with Gasteiger partial charge in [-0.3, -0.25) is 0 Å². The van der Waals surface area contributed by atoms with Gasteiger partial charge in [0.15, 0.2) is 0 Å². The summed E-state index contributed by atoms with van der Waals surface area (Å²) >= 11 is 4.37. The lowest BCUT2D eigenvalue weighted by atomic mass is 10.2. The molecule has 5 heteroatoms. The molecule has 0 saturated heterocycles. The van der Waals surface area contributed by atoms with Crippen molar-refractivity contribution in [2.45, 2.75) is 6.92 Å². The quantitative estimate of drug-likeness (QED) is 0.511. The summed E-state index contributed by atoms with van der Waals surface area (Å²) < 4.78 is 1.91. The first-order chi connectivity index (χ1) is 9.06. The number of benzene rings is 2. The van der Waals surface area contributed by atoms with Crippen LogP contribution in [0.3, 0.4) is 0 Å². The average Bonchev–Trinajstić information content (AvgIpc) is 2.79. The van der Waals surface area contributed by atoms with Gasteiger partial charge in [0.25, 0.3) is 0 Å². The molecule has 0 aliphatic carbocycles. The van der Waals surface area contributed by atoms with E-state index in [4.69, 9.17) is 0 Å². The van der Waals surface area contributed by atoms with Gasteiger partial charge in [-0.25, -0.2) is 4.98 Å². The number of nitrogens with one attached hydrogen (secondary N) is 1. The molecule has 1 heterocycles. The number of phenolic OH excluding ortho intramolecular Hbond substituents is 1. The molecule has 0 aliphatic rings. The fourth-order valence-electron chi connectivity index (χ4n) is 2.05. The van der Waals surface area contributed by atoms with E-state index in [1.807, 2.05) is 37.3 Å². The Morgan fingerprint density at radius 1 is 1.21 bits per heavy atom. The summed E-state index contributed by atoms with van der Waals surface area (Å²) in [7, 11) is 0. The Labute approximate surface area is 137 Å². The first-order valence-corrected chi connectivity index (χ1v) is 7.86. The summed E-state index contributed by atoms with van der Waals surface area (Å²) in [5, 5.41) is 10.2. The second-order valence-corrected chi connectivity index (χ2v) is 6.75. The molecule has 2 N–H and O–H groups in total. The highest BCUT2D eigenvalue weighted by atomic mass is 127. The van der Waals surface area contributed by atoms with E-state index in [9.17, 15) is 5.11 Å². The first kappa shape index (κ1) is 13.2. The van der Waals surface area contributed by atoms with E-state index in [0.717, 1.165) is 29.3 Å². The number of aryl methyl sites for hydroxylation is 1. The summed E-state index contributed by atoms with van der Waals surface area (Å²) in [6, 6.07) is 9.90. The van der Waals surface area contributed by atoms with Crippen LogP contribution in [-0.4, -0.2) is 15.1 Å². The standard InChI is InChI=1S/C14H10I2N2O/c1-7-3-2-4-11-12(7)18-14(17-11)9-5-8(15)6-10(16)13(9)19/h2-6,19H,1H3,(H,17,18). The van der Waals surface area contributed by atoms with Crippen molar-refractivity contribution >= 4 is 56.2 Å². The number of para-hydroxylation sites is 1. The van der Waals surface area contributed by atoms with Crippen molar-refractivity contribution in [3.63, 3.8) is 0 Å². The van der Waals surface area contributed by atoms with Crippen molar-refractivity contribution in [3.05, 3.63) is 43.0 Å². The van der Waals surface area contributed by atoms with Gasteiger partial charge in [-0.05, 0) is 75.9 Å². The number of rotatable bonds is 1. The number of hydrogen-bond acceptors (Lipinski definition) is 2. The maximum absolute atomic E-state index is 10.2. The van der Waals surface area contributed by atoms with Gasteiger partial charge >= 0.3 is 0 Å². The number of H-pyrrole nitrogens is 1. The smallest absolute Gasteiger partial charge is 0.142 e. The van der Waals surface area contributed by atoms with E-state index in [2.05, 4.69) is 55.1 Å². The molecule has 96 valence electrons. The summed E-state index contributed by atoms with van der Waals surface area (Å²) in [6.45, 7) is 2.03. The highest BCUT2D eigenvalue weighted by Gasteiger charge is 2.13. The molecule has 19 heavy (non-hydrogen) atoms. The normalized spacial score (nSPS) is 11.1. The van der Waals surface area contributed by atoms with Crippen LogP contribution in [-0.2, 0) is 0 Å². The molecule has 3 rings (SSSR count). The van der Waals surface area contributed by atoms with Crippen LogP contribution < -0.4 is 0 Å². The van der Waals surface area contributed by atoms with Gasteiger partial charge in [0.1, 0.15) is 11.6 Å². The molecule has 0 saturated carbocycles. The molecule has 2 aromatic carbocycles. The molecule has 0 radical (unpaired) electrons. The summed E-state index contributed by atoms with van der Waals surface area (Å²) in [5.74, 6) is 0.982. The zero-order valence-corrected chi connectivity index (χ0v) is 14.4. The predicted octanol–water partition coefficient (Wildman–Crippen LogP) is 4.45. The third-order valence-corrected chi connectivity index (χ3v) is 4.44. The maximum atomic E-state index is 10.2. The molecule has 3 nitrogen and oxygen atoms in total. The molecule has 0 amide bonds. The fraction of sp³-hybridized carbons (Fsp3) is 0.0714. The molecule has 0 atom stereocenters. The van der Waals surface area contributed by atoms with Crippen LogP contribution in [0, 0.1) is 14.1 Å². The molecule has 0 spiro atoms. The number of phenols is 1. The average molecular weight is 476 g/mol. The maximum Gasteiger partial charge on any atom is 0.142 e. The first-order valence-electron chi connectivity index (χ1n) is 5.70. The van der Waals surface area contributed by atoms with Crippen LogP contribution >= 0.6 is 45.2 Å². The fourth-order valence-corrected chi connectivity index (χ4v) is 3.89. The van der Waals surface area contributed by atoms with Gasteiger partial charge in [0, 0.05) is 3.57 Å². The van der Waals surface area contributed by atoms with Gasteiger partial charge in [-0.15, -0.1) is 0 Å². The Kier molecular flexibility index (Phi) is 3.42. The number of halogens is 2. The number of fused-ring (bicyclic) bond motifs is 1. The van der Waals surface area contributed by atoms with Gasteiger partial charge in [-0.1, -0.05) is 12.1 Å². The molecular formula is C14H10I2N2O. The SMILES string of the molecule is Cc1cccc2[nH]c(-c3cc(I)cc(I)c3O)nc12. The Hall–Kier alpha value is -0.830. The van der Waals surface area contributed by atoms with E-state index in [1.54, 1.807) is 0 Å². The Morgan fingerprint density at radius 2 is 2.00 bits per heavy atom. The summed E-state index contributed by atoms with van der Waals surface area (Å²) in [4.78, 5) is 7.87. The van der Waals surface area contributed by atoms with Gasteiger partial charge < -0.3 is 10.1 Å². The minimum atomic E-state index is 0.276. The Bertz CT molecular complexity index is 780. The zero-order valence-electron chi connectivity index (χ0n) is 10.0. The van der Waals surface area contributed by atoms with Crippen LogP contribution in [0.15, 0.2) is 30.3 Å². The Balaban J connectivity index is 2.28. The molecule has 0 bridgehead atoms. The highest BCUT2D eigenvalue weighted by molar-refractivity contribution is 14.1. The van der Waals surface area contributed by atoms with Gasteiger partial charge in [0.2, 0.25) is 0 Å². The van der Waals surface area contributed by atoms with Crippen molar-refractivity contribution in [1.82, 2.24) is 9.97 Å². The van der Waals surface area contributed by atoms with E-state index in [-0.39, 0.29) is 5.75 Å². The third kappa shape index (κ3) is 2.33. The minimum Gasteiger partial charge on any atom is -0.506 e. The monoisotopic (exact) mass is 476 g/mol. The topological polar surface area (TPSA) is 48.9 Å². The van der Waals surface area contributed by atoms with Crippen LogP contribution in [0.25, 0.3) is 22.4 Å². The third-order valence-electron chi connectivity index (χ3n) is 3.00. The summed E-state index contributed by atoms with van der Waals surface area (Å²) in [5.41, 5.74) is 3.81. The number of imidazole rings is 1. The zero-order chi connectivity index (χ0) is 13.6. The molecule has 3 aromatic rings. The number of aromatic amines is 1. The molecule has 0 fully saturated rings. The second kappa shape index (κ2) is 4.93. The van der Waals surface area contributed by atoms with Crippen LogP contribution in [0.2, 0.25) is 0 Å². The van der Waals surface area contributed by atoms with Crippen molar-refractivity contribution in [3.8, 4) is 17.1 Å². The second-order valence-electron chi connectivity index (χ2n) is 4.34. The largest absolute Gasteiger partial charge is 0.506 e. The number of aromatic nitrogens is 2. The van der Waals surface area contributed by atoms with Crippen molar-refractivity contribution in [1.29, 1.82) is 0 Å². The minimum absolute atomic E-state index is 0.276. The lowest BCUT2D eigenvalue weighted by molar-refractivity contribution is 0.473. The van der Waals surface area contributed by atoms with Crippen molar-refractivity contribution in [2.75, 3.05) is 0 Å². The van der Waals surface area contributed by atoms with E-state index in [0.29, 0.717) is 5.82 Å². The van der Waals surface area contributed by atoms with E-state index >= 15 is 0 Å². The van der Waals surface area contributed by atoms with Gasteiger partial charge in [-0.2, -0.15) is 0 Å². The predicted molar refractivity (Wildman–Crippen MR) is 93.4 cm³/mol. The highest BCUT2D eigenvalue weighted by Crippen LogP contribution is 2.34.